The number of nitrogens with zero attached hydrogens (tertiary/aromatic N) is 1. The number of rotatable bonds is 4. The van der Waals surface area contributed by atoms with E-state index in [0.29, 0.717) is 11.6 Å². The number of allylic oxidation sites excluding steroid dienone is 1. The summed E-state index contributed by atoms with van der Waals surface area (Å²) < 4.78 is 0. The molecule has 18 heavy (non-hydrogen) atoms. The van der Waals surface area contributed by atoms with Crippen molar-refractivity contribution in [1.82, 2.24) is 4.90 Å². The first-order valence-corrected chi connectivity index (χ1v) is 6.36. The summed E-state index contributed by atoms with van der Waals surface area (Å²) >= 11 is 0. The zero-order valence-corrected chi connectivity index (χ0v) is 10.7. The summed E-state index contributed by atoms with van der Waals surface area (Å²) in [6, 6.07) is 7.64. The Hall–Kier alpha value is -1.61. The van der Waals surface area contributed by atoms with Crippen LogP contribution in [0.1, 0.15) is 35.2 Å². The monoisotopic (exact) mass is 245 g/mol. The van der Waals surface area contributed by atoms with Gasteiger partial charge in [-0.25, -0.2) is 4.79 Å². The molecule has 0 saturated heterocycles. The van der Waals surface area contributed by atoms with Gasteiger partial charge < -0.3 is 5.11 Å². The third-order valence-corrected chi connectivity index (χ3v) is 3.43. The second-order valence-electron chi connectivity index (χ2n) is 4.84. The van der Waals surface area contributed by atoms with Crippen LogP contribution in [0.2, 0.25) is 0 Å². The minimum atomic E-state index is -0.870. The number of hydrogen-bond acceptors (Lipinski definition) is 2. The van der Waals surface area contributed by atoms with E-state index in [4.69, 9.17) is 5.11 Å². The van der Waals surface area contributed by atoms with Crippen LogP contribution in [-0.4, -0.2) is 29.1 Å². The molecule has 1 unspecified atom stereocenters. The zero-order valence-electron chi connectivity index (χ0n) is 10.7. The molecule has 0 amide bonds. The highest BCUT2D eigenvalue weighted by atomic mass is 16.4. The lowest BCUT2D eigenvalue weighted by Gasteiger charge is -2.27. The van der Waals surface area contributed by atoms with Gasteiger partial charge in [0, 0.05) is 12.6 Å². The quantitative estimate of drug-likeness (QED) is 0.829. The fourth-order valence-corrected chi connectivity index (χ4v) is 2.32. The SMILES string of the molecule is CN(Cc1ccc(C(=O)O)cc1)C1C=CCCC1. The fourth-order valence-electron chi connectivity index (χ4n) is 2.32. The summed E-state index contributed by atoms with van der Waals surface area (Å²) in [5.41, 5.74) is 1.50. The van der Waals surface area contributed by atoms with Gasteiger partial charge in [-0.15, -0.1) is 0 Å². The smallest absolute Gasteiger partial charge is 0.335 e. The van der Waals surface area contributed by atoms with Crippen molar-refractivity contribution in [2.75, 3.05) is 7.05 Å². The van der Waals surface area contributed by atoms with Crippen LogP contribution in [-0.2, 0) is 6.54 Å². The highest BCUT2D eigenvalue weighted by molar-refractivity contribution is 5.87. The molecule has 3 heteroatoms. The van der Waals surface area contributed by atoms with Gasteiger partial charge in [0.2, 0.25) is 0 Å². The largest absolute Gasteiger partial charge is 0.478 e. The molecule has 3 nitrogen and oxygen atoms in total. The standard InChI is InChI=1S/C15H19NO2/c1-16(14-5-3-2-4-6-14)11-12-7-9-13(10-8-12)15(17)18/h3,5,7-10,14H,2,4,6,11H2,1H3,(H,17,18). The van der Waals surface area contributed by atoms with Gasteiger partial charge in [-0.3, -0.25) is 4.90 Å². The Bertz CT molecular complexity index is 436. The molecule has 0 aromatic heterocycles. The summed E-state index contributed by atoms with van der Waals surface area (Å²) in [7, 11) is 2.12. The first-order chi connectivity index (χ1) is 8.66. The number of hydrogen-bond donors (Lipinski definition) is 1. The molecule has 1 aromatic rings. The molecular formula is C15H19NO2. The Balaban J connectivity index is 1.98. The zero-order chi connectivity index (χ0) is 13.0. The Labute approximate surface area is 108 Å². The predicted octanol–water partition coefficient (Wildman–Crippen LogP) is 2.93. The fraction of sp³-hybridized carbons (Fsp3) is 0.400. The van der Waals surface area contributed by atoms with E-state index in [1.165, 1.54) is 19.3 Å². The molecule has 96 valence electrons. The van der Waals surface area contributed by atoms with Crippen molar-refractivity contribution in [3.63, 3.8) is 0 Å². The van der Waals surface area contributed by atoms with Gasteiger partial charge in [0.25, 0.3) is 0 Å². The van der Waals surface area contributed by atoms with E-state index in [1.807, 2.05) is 12.1 Å². The molecular weight excluding hydrogens is 226 g/mol. The molecule has 0 radical (unpaired) electrons. The molecule has 1 aliphatic carbocycles. The lowest BCUT2D eigenvalue weighted by Crippen LogP contribution is -2.30. The maximum absolute atomic E-state index is 10.8. The van der Waals surface area contributed by atoms with Crippen molar-refractivity contribution in [1.29, 1.82) is 0 Å². The van der Waals surface area contributed by atoms with Gasteiger partial charge in [0.1, 0.15) is 0 Å². The molecule has 0 bridgehead atoms. The van der Waals surface area contributed by atoms with Crippen molar-refractivity contribution in [2.45, 2.75) is 31.8 Å². The Morgan fingerprint density at radius 2 is 2.11 bits per heavy atom. The van der Waals surface area contributed by atoms with Crippen LogP contribution in [0.15, 0.2) is 36.4 Å². The highest BCUT2D eigenvalue weighted by Crippen LogP contribution is 2.17. The molecule has 0 spiro atoms. The van der Waals surface area contributed by atoms with E-state index >= 15 is 0 Å². The summed E-state index contributed by atoms with van der Waals surface area (Å²) in [6.07, 6.45) is 8.18. The number of likely N-dealkylation sites (N-methyl/N-ethyl adjacent to an activating group) is 1. The number of carbonyl (C=O) groups is 1. The highest BCUT2D eigenvalue weighted by Gasteiger charge is 2.14. The molecule has 1 aliphatic rings. The van der Waals surface area contributed by atoms with Crippen molar-refractivity contribution in [3.05, 3.63) is 47.5 Å². The molecule has 2 rings (SSSR count). The van der Waals surface area contributed by atoms with Gasteiger partial charge in [0.15, 0.2) is 0 Å². The minimum absolute atomic E-state index is 0.346. The minimum Gasteiger partial charge on any atom is -0.478 e. The average molecular weight is 245 g/mol. The molecule has 0 aliphatic heterocycles. The van der Waals surface area contributed by atoms with E-state index in [0.717, 1.165) is 12.1 Å². The van der Waals surface area contributed by atoms with Gasteiger partial charge >= 0.3 is 5.97 Å². The van der Waals surface area contributed by atoms with Gasteiger partial charge in [-0.2, -0.15) is 0 Å². The van der Waals surface area contributed by atoms with E-state index in [-0.39, 0.29) is 0 Å². The van der Waals surface area contributed by atoms with Crippen LogP contribution in [0, 0.1) is 0 Å². The lowest BCUT2D eigenvalue weighted by atomic mass is 10.0. The van der Waals surface area contributed by atoms with E-state index in [9.17, 15) is 4.79 Å². The number of carboxylic acid groups (broad SMARTS) is 1. The van der Waals surface area contributed by atoms with Crippen LogP contribution in [0.3, 0.4) is 0 Å². The van der Waals surface area contributed by atoms with Crippen LogP contribution in [0.4, 0.5) is 0 Å². The second kappa shape index (κ2) is 5.83. The van der Waals surface area contributed by atoms with E-state index < -0.39 is 5.97 Å². The summed E-state index contributed by atoms with van der Waals surface area (Å²) in [5, 5.41) is 8.84. The maximum Gasteiger partial charge on any atom is 0.335 e. The Morgan fingerprint density at radius 1 is 1.39 bits per heavy atom. The summed E-state index contributed by atoms with van der Waals surface area (Å²) in [5.74, 6) is -0.870. The summed E-state index contributed by atoms with van der Waals surface area (Å²) in [4.78, 5) is 13.1. The van der Waals surface area contributed by atoms with Crippen LogP contribution < -0.4 is 0 Å². The van der Waals surface area contributed by atoms with Gasteiger partial charge in [0.05, 0.1) is 5.56 Å². The van der Waals surface area contributed by atoms with Crippen molar-refractivity contribution in [2.24, 2.45) is 0 Å². The third-order valence-electron chi connectivity index (χ3n) is 3.43. The number of benzene rings is 1. The number of carboxylic acids is 1. The molecule has 1 aromatic carbocycles. The second-order valence-corrected chi connectivity index (χ2v) is 4.84. The number of aromatic carboxylic acids is 1. The van der Waals surface area contributed by atoms with E-state index in [2.05, 4.69) is 24.1 Å². The van der Waals surface area contributed by atoms with Gasteiger partial charge in [-0.05, 0) is 44.0 Å². The van der Waals surface area contributed by atoms with Crippen LogP contribution >= 0.6 is 0 Å². The topological polar surface area (TPSA) is 40.5 Å². The van der Waals surface area contributed by atoms with Crippen molar-refractivity contribution < 1.29 is 9.90 Å². The average Bonchev–Trinajstić information content (AvgIpc) is 2.40. The Morgan fingerprint density at radius 3 is 2.67 bits per heavy atom. The van der Waals surface area contributed by atoms with Crippen molar-refractivity contribution >= 4 is 5.97 Å². The Kier molecular flexibility index (Phi) is 4.15. The molecule has 0 heterocycles. The van der Waals surface area contributed by atoms with Gasteiger partial charge in [-0.1, -0.05) is 24.3 Å². The predicted molar refractivity (Wildman–Crippen MR) is 71.6 cm³/mol. The lowest BCUT2D eigenvalue weighted by molar-refractivity contribution is 0.0697. The first-order valence-electron chi connectivity index (χ1n) is 6.36. The molecule has 1 N–H and O–H groups in total. The molecule has 0 saturated carbocycles. The van der Waals surface area contributed by atoms with Crippen molar-refractivity contribution in [3.8, 4) is 0 Å². The van der Waals surface area contributed by atoms with E-state index in [1.54, 1.807) is 12.1 Å². The molecule has 0 fully saturated rings. The molecule has 1 atom stereocenters. The van der Waals surface area contributed by atoms with Crippen LogP contribution in [0.25, 0.3) is 0 Å². The summed E-state index contributed by atoms with van der Waals surface area (Å²) in [6.45, 7) is 0.856. The first kappa shape index (κ1) is 12.8. The normalized spacial score (nSPS) is 19.1. The van der Waals surface area contributed by atoms with Crippen LogP contribution in [0.5, 0.6) is 0 Å². The maximum atomic E-state index is 10.8. The third kappa shape index (κ3) is 3.20.